The van der Waals surface area contributed by atoms with E-state index in [9.17, 15) is 13.2 Å². The van der Waals surface area contributed by atoms with Crippen molar-refractivity contribution in [3.63, 3.8) is 0 Å². The summed E-state index contributed by atoms with van der Waals surface area (Å²) in [5.41, 5.74) is 1.83. The normalized spacial score (nSPS) is 15.0. The summed E-state index contributed by atoms with van der Waals surface area (Å²) in [6.07, 6.45) is 1.77. The number of rotatable bonds is 6. The largest absolute Gasteiger partial charge is 0.352 e. The van der Waals surface area contributed by atoms with Gasteiger partial charge in [-0.25, -0.2) is 13.1 Å². The summed E-state index contributed by atoms with van der Waals surface area (Å²) in [5.74, 6) is -0.302. The highest BCUT2D eigenvalue weighted by atomic mass is 32.2. The highest BCUT2D eigenvalue weighted by molar-refractivity contribution is 7.88. The molecule has 1 aromatic rings. The molecular formula is C17H28N2O3S. The zero-order valence-corrected chi connectivity index (χ0v) is 15.6. The second-order valence-electron chi connectivity index (χ2n) is 7.23. The number of aryl methyl sites for hydroxylation is 1. The highest BCUT2D eigenvalue weighted by Crippen LogP contribution is 2.20. The van der Waals surface area contributed by atoms with Crippen molar-refractivity contribution in [3.8, 4) is 0 Å². The molecule has 0 heterocycles. The maximum Gasteiger partial charge on any atom is 0.238 e. The van der Waals surface area contributed by atoms with Crippen LogP contribution in [0, 0.1) is 12.3 Å². The predicted octanol–water partition coefficient (Wildman–Crippen LogP) is 2.01. The minimum atomic E-state index is -3.46. The predicted molar refractivity (Wildman–Crippen MR) is 93.7 cm³/mol. The maximum atomic E-state index is 12.5. The van der Waals surface area contributed by atoms with E-state index in [1.807, 2.05) is 58.9 Å². The minimum absolute atomic E-state index is 0.0881. The molecule has 0 spiro atoms. The average molecular weight is 340 g/mol. The Morgan fingerprint density at radius 2 is 1.78 bits per heavy atom. The Bertz CT molecular complexity index is 648. The zero-order chi connectivity index (χ0) is 17.8. The highest BCUT2D eigenvalue weighted by Gasteiger charge is 2.34. The van der Waals surface area contributed by atoms with Gasteiger partial charge in [-0.1, -0.05) is 45.0 Å². The van der Waals surface area contributed by atoms with Crippen molar-refractivity contribution in [2.75, 3.05) is 6.26 Å². The van der Waals surface area contributed by atoms with Crippen molar-refractivity contribution in [2.45, 2.75) is 53.1 Å². The van der Waals surface area contributed by atoms with Crippen LogP contribution in [0.1, 0.15) is 38.8 Å². The molecule has 0 saturated carbocycles. The Morgan fingerprint density at radius 1 is 1.22 bits per heavy atom. The molecule has 2 unspecified atom stereocenters. The van der Waals surface area contributed by atoms with Gasteiger partial charge in [-0.15, -0.1) is 0 Å². The van der Waals surface area contributed by atoms with Crippen LogP contribution in [-0.4, -0.2) is 32.7 Å². The average Bonchev–Trinajstić information content (AvgIpc) is 2.36. The lowest BCUT2D eigenvalue weighted by atomic mass is 9.86. The molecular weight excluding hydrogens is 312 g/mol. The lowest BCUT2D eigenvalue weighted by molar-refractivity contribution is -0.125. The number of benzene rings is 1. The summed E-state index contributed by atoms with van der Waals surface area (Å²) in [6.45, 7) is 9.46. The van der Waals surface area contributed by atoms with Gasteiger partial charge in [0.15, 0.2) is 0 Å². The summed E-state index contributed by atoms with van der Waals surface area (Å²) in [6, 6.07) is 7.13. The van der Waals surface area contributed by atoms with Crippen LogP contribution in [-0.2, 0) is 21.2 Å². The Kier molecular flexibility index (Phi) is 6.36. The Hall–Kier alpha value is -1.40. The molecule has 2 N–H and O–H groups in total. The van der Waals surface area contributed by atoms with Crippen LogP contribution in [0.3, 0.4) is 0 Å². The topological polar surface area (TPSA) is 75.3 Å². The molecule has 0 fully saturated rings. The molecule has 130 valence electrons. The fourth-order valence-electron chi connectivity index (χ4n) is 2.38. The van der Waals surface area contributed by atoms with Crippen molar-refractivity contribution in [2.24, 2.45) is 5.41 Å². The third kappa shape index (κ3) is 6.71. The third-order valence-electron chi connectivity index (χ3n) is 3.64. The Morgan fingerprint density at radius 3 is 2.26 bits per heavy atom. The summed E-state index contributed by atoms with van der Waals surface area (Å²) in [4.78, 5) is 12.5. The number of amides is 1. The van der Waals surface area contributed by atoms with Crippen molar-refractivity contribution < 1.29 is 13.2 Å². The molecule has 23 heavy (non-hydrogen) atoms. The van der Waals surface area contributed by atoms with Gasteiger partial charge in [0.1, 0.15) is 6.04 Å². The van der Waals surface area contributed by atoms with Crippen LogP contribution in [0.25, 0.3) is 0 Å². The van der Waals surface area contributed by atoms with Crippen molar-refractivity contribution in [1.29, 1.82) is 0 Å². The van der Waals surface area contributed by atoms with Gasteiger partial charge in [0.2, 0.25) is 15.9 Å². The molecule has 0 radical (unpaired) electrons. The summed E-state index contributed by atoms with van der Waals surface area (Å²) in [5, 5.41) is 2.92. The van der Waals surface area contributed by atoms with Crippen LogP contribution in [0.2, 0.25) is 0 Å². The van der Waals surface area contributed by atoms with Gasteiger partial charge in [0, 0.05) is 6.04 Å². The van der Waals surface area contributed by atoms with Gasteiger partial charge in [-0.2, -0.15) is 0 Å². The van der Waals surface area contributed by atoms with Gasteiger partial charge >= 0.3 is 0 Å². The fraction of sp³-hybridized carbons (Fsp3) is 0.588. The van der Waals surface area contributed by atoms with Gasteiger partial charge in [0.05, 0.1) is 6.26 Å². The Labute approximate surface area is 139 Å². The Balaban J connectivity index is 2.80. The molecule has 0 aromatic heterocycles. The molecule has 6 heteroatoms. The monoisotopic (exact) mass is 340 g/mol. The first kappa shape index (κ1) is 19.6. The second-order valence-corrected chi connectivity index (χ2v) is 9.01. The van der Waals surface area contributed by atoms with Crippen molar-refractivity contribution >= 4 is 15.9 Å². The molecule has 2 atom stereocenters. The molecule has 0 bridgehead atoms. The molecule has 1 amide bonds. The summed E-state index contributed by atoms with van der Waals surface area (Å²) < 4.78 is 25.5. The molecule has 0 saturated heterocycles. The maximum absolute atomic E-state index is 12.5. The lowest BCUT2D eigenvalue weighted by Crippen LogP contribution is -2.55. The van der Waals surface area contributed by atoms with Crippen LogP contribution in [0.5, 0.6) is 0 Å². The second kappa shape index (κ2) is 7.45. The first-order chi connectivity index (χ1) is 10.4. The number of nitrogens with one attached hydrogen (secondary N) is 2. The number of carbonyl (C=O) groups is 1. The van der Waals surface area contributed by atoms with E-state index < -0.39 is 21.5 Å². The molecule has 0 aliphatic rings. The van der Waals surface area contributed by atoms with Gasteiger partial charge in [-0.3, -0.25) is 4.79 Å². The molecule has 0 aliphatic carbocycles. The molecule has 5 nitrogen and oxygen atoms in total. The van der Waals surface area contributed by atoms with Crippen LogP contribution >= 0.6 is 0 Å². The van der Waals surface area contributed by atoms with Crippen LogP contribution in [0.4, 0.5) is 0 Å². The van der Waals surface area contributed by atoms with E-state index in [1.165, 1.54) is 11.1 Å². The number of hydrogen-bond donors (Lipinski definition) is 2. The quantitative estimate of drug-likeness (QED) is 0.832. The fourth-order valence-corrected chi connectivity index (χ4v) is 3.27. The summed E-state index contributed by atoms with van der Waals surface area (Å²) >= 11 is 0. The van der Waals surface area contributed by atoms with E-state index in [2.05, 4.69) is 10.0 Å². The smallest absolute Gasteiger partial charge is 0.238 e. The molecule has 0 aliphatic heterocycles. The van der Waals surface area contributed by atoms with E-state index in [0.29, 0.717) is 6.42 Å². The van der Waals surface area contributed by atoms with Gasteiger partial charge in [0.25, 0.3) is 0 Å². The number of sulfonamides is 1. The van der Waals surface area contributed by atoms with Crippen LogP contribution in [0.15, 0.2) is 24.3 Å². The van der Waals surface area contributed by atoms with E-state index in [0.717, 1.165) is 6.26 Å². The molecule has 1 aromatic carbocycles. The van der Waals surface area contributed by atoms with Crippen molar-refractivity contribution in [1.82, 2.24) is 10.0 Å². The number of hydrogen-bond acceptors (Lipinski definition) is 3. The van der Waals surface area contributed by atoms with E-state index >= 15 is 0 Å². The van der Waals surface area contributed by atoms with E-state index in [1.54, 1.807) is 0 Å². The summed E-state index contributed by atoms with van der Waals surface area (Å²) in [7, 11) is -3.46. The van der Waals surface area contributed by atoms with Gasteiger partial charge in [-0.05, 0) is 36.8 Å². The SMILES string of the molecule is Cc1ccccc1CC(C)NC(=O)C(NS(C)(=O)=O)C(C)(C)C. The van der Waals surface area contributed by atoms with Crippen LogP contribution < -0.4 is 10.0 Å². The standard InChI is InChI=1S/C17H28N2O3S/c1-12-9-7-8-10-14(12)11-13(2)18-16(20)15(17(3,4)5)19-23(6,21)22/h7-10,13,15,19H,11H2,1-6H3,(H,18,20). The molecule has 1 rings (SSSR count). The van der Waals surface area contributed by atoms with E-state index in [-0.39, 0.29) is 11.9 Å². The first-order valence-electron chi connectivity index (χ1n) is 7.72. The lowest BCUT2D eigenvalue weighted by Gasteiger charge is -2.30. The third-order valence-corrected chi connectivity index (χ3v) is 4.30. The zero-order valence-electron chi connectivity index (χ0n) is 14.8. The van der Waals surface area contributed by atoms with Gasteiger partial charge < -0.3 is 5.32 Å². The number of carbonyl (C=O) groups excluding carboxylic acids is 1. The first-order valence-corrected chi connectivity index (χ1v) is 9.61. The van der Waals surface area contributed by atoms with Crippen molar-refractivity contribution in [3.05, 3.63) is 35.4 Å². The minimum Gasteiger partial charge on any atom is -0.352 e. The van der Waals surface area contributed by atoms with E-state index in [4.69, 9.17) is 0 Å².